The SMILES string of the molecule is C=C(C)c1cc(-n2c(C)cc(OCc3ncc(F)cc3F)cc2=O)c(C)cn1. The Labute approximate surface area is 161 Å². The van der Waals surface area contributed by atoms with Gasteiger partial charge in [-0.25, -0.2) is 8.78 Å². The molecule has 0 saturated heterocycles. The van der Waals surface area contributed by atoms with E-state index in [9.17, 15) is 13.6 Å². The van der Waals surface area contributed by atoms with Crippen molar-refractivity contribution in [2.24, 2.45) is 0 Å². The van der Waals surface area contributed by atoms with E-state index in [0.717, 1.165) is 23.4 Å². The minimum Gasteiger partial charge on any atom is -0.487 e. The Kier molecular flexibility index (Phi) is 5.35. The zero-order valence-corrected chi connectivity index (χ0v) is 15.8. The van der Waals surface area contributed by atoms with Crippen molar-refractivity contribution in [3.63, 3.8) is 0 Å². The van der Waals surface area contributed by atoms with Crippen LogP contribution < -0.4 is 10.3 Å². The second-order valence-electron chi connectivity index (χ2n) is 6.51. The van der Waals surface area contributed by atoms with Crippen molar-refractivity contribution in [2.75, 3.05) is 0 Å². The van der Waals surface area contributed by atoms with E-state index in [1.807, 2.05) is 19.9 Å². The van der Waals surface area contributed by atoms with Gasteiger partial charge in [-0.05, 0) is 38.0 Å². The second-order valence-corrected chi connectivity index (χ2v) is 6.51. The number of allylic oxidation sites excluding steroid dienone is 1. The lowest BCUT2D eigenvalue weighted by Crippen LogP contribution is -2.21. The predicted octanol–water partition coefficient (Wildman–Crippen LogP) is 4.13. The van der Waals surface area contributed by atoms with E-state index in [2.05, 4.69) is 16.5 Å². The summed E-state index contributed by atoms with van der Waals surface area (Å²) in [6.45, 7) is 9.14. The molecule has 3 aromatic rings. The van der Waals surface area contributed by atoms with Crippen LogP contribution in [0.25, 0.3) is 11.3 Å². The molecule has 0 atom stereocenters. The maximum absolute atomic E-state index is 13.7. The highest BCUT2D eigenvalue weighted by Gasteiger charge is 2.12. The molecule has 5 nitrogen and oxygen atoms in total. The van der Waals surface area contributed by atoms with Crippen LogP contribution in [-0.4, -0.2) is 14.5 Å². The van der Waals surface area contributed by atoms with Crippen LogP contribution >= 0.6 is 0 Å². The summed E-state index contributed by atoms with van der Waals surface area (Å²) in [5, 5.41) is 0. The van der Waals surface area contributed by atoms with Gasteiger partial charge in [0.25, 0.3) is 5.56 Å². The Morgan fingerprint density at radius 2 is 1.89 bits per heavy atom. The Hall–Kier alpha value is -3.35. The lowest BCUT2D eigenvalue weighted by Gasteiger charge is -2.15. The molecule has 0 fully saturated rings. The number of hydrogen-bond donors (Lipinski definition) is 0. The van der Waals surface area contributed by atoms with Gasteiger partial charge in [0.05, 0.1) is 17.6 Å². The van der Waals surface area contributed by atoms with Gasteiger partial charge in [0.1, 0.15) is 23.9 Å². The van der Waals surface area contributed by atoms with Crippen molar-refractivity contribution in [1.82, 2.24) is 14.5 Å². The maximum atomic E-state index is 13.7. The topological polar surface area (TPSA) is 57.0 Å². The van der Waals surface area contributed by atoms with E-state index in [-0.39, 0.29) is 23.6 Å². The van der Waals surface area contributed by atoms with Gasteiger partial charge in [0.15, 0.2) is 5.82 Å². The Morgan fingerprint density at radius 1 is 1.14 bits per heavy atom. The molecule has 3 aromatic heterocycles. The summed E-state index contributed by atoms with van der Waals surface area (Å²) in [6, 6.07) is 5.53. The summed E-state index contributed by atoms with van der Waals surface area (Å²) in [6.07, 6.45) is 2.61. The molecule has 0 saturated carbocycles. The number of aryl methyl sites for hydroxylation is 2. The minimum absolute atomic E-state index is 0.0423. The molecular formula is C21H19F2N3O2. The molecule has 3 heterocycles. The molecular weight excluding hydrogens is 364 g/mol. The Morgan fingerprint density at radius 3 is 2.54 bits per heavy atom. The van der Waals surface area contributed by atoms with Gasteiger partial charge in [-0.1, -0.05) is 6.58 Å². The molecule has 0 N–H and O–H groups in total. The third-order valence-corrected chi connectivity index (χ3v) is 4.20. The fraction of sp³-hybridized carbons (Fsp3) is 0.190. The fourth-order valence-electron chi connectivity index (χ4n) is 2.75. The Bertz CT molecular complexity index is 1120. The molecule has 0 radical (unpaired) electrons. The highest BCUT2D eigenvalue weighted by Crippen LogP contribution is 2.21. The zero-order valence-electron chi connectivity index (χ0n) is 15.8. The molecule has 0 amide bonds. The van der Waals surface area contributed by atoms with Gasteiger partial charge < -0.3 is 4.74 Å². The summed E-state index contributed by atoms with van der Waals surface area (Å²) in [4.78, 5) is 20.7. The van der Waals surface area contributed by atoms with Gasteiger partial charge in [-0.2, -0.15) is 0 Å². The van der Waals surface area contributed by atoms with Crippen molar-refractivity contribution in [2.45, 2.75) is 27.4 Å². The lowest BCUT2D eigenvalue weighted by molar-refractivity contribution is 0.292. The van der Waals surface area contributed by atoms with E-state index < -0.39 is 11.6 Å². The van der Waals surface area contributed by atoms with Crippen LogP contribution in [0.2, 0.25) is 0 Å². The van der Waals surface area contributed by atoms with Crippen LogP contribution in [-0.2, 0) is 6.61 Å². The van der Waals surface area contributed by atoms with Gasteiger partial charge in [0.2, 0.25) is 0 Å². The zero-order chi connectivity index (χ0) is 20.4. The van der Waals surface area contributed by atoms with Gasteiger partial charge >= 0.3 is 0 Å². The van der Waals surface area contributed by atoms with Crippen LogP contribution in [0.5, 0.6) is 5.75 Å². The second kappa shape index (κ2) is 7.72. The van der Waals surface area contributed by atoms with Crippen LogP contribution in [0.4, 0.5) is 8.78 Å². The van der Waals surface area contributed by atoms with Crippen molar-refractivity contribution in [3.05, 3.63) is 87.9 Å². The molecule has 3 rings (SSSR count). The smallest absolute Gasteiger partial charge is 0.259 e. The molecule has 0 aliphatic heterocycles. The number of hydrogen-bond acceptors (Lipinski definition) is 4. The highest BCUT2D eigenvalue weighted by molar-refractivity contribution is 5.61. The van der Waals surface area contributed by atoms with E-state index in [1.165, 1.54) is 6.07 Å². The Balaban J connectivity index is 1.92. The molecule has 7 heteroatoms. The van der Waals surface area contributed by atoms with E-state index >= 15 is 0 Å². The van der Waals surface area contributed by atoms with Crippen LogP contribution in [0.15, 0.2) is 48.0 Å². The minimum atomic E-state index is -0.801. The predicted molar refractivity (Wildman–Crippen MR) is 103 cm³/mol. The number of nitrogens with zero attached hydrogens (tertiary/aromatic N) is 3. The summed E-state index contributed by atoms with van der Waals surface area (Å²) in [5.41, 5.74) is 3.32. The molecule has 0 bridgehead atoms. The normalized spacial score (nSPS) is 10.8. The van der Waals surface area contributed by atoms with Crippen LogP contribution in [0.3, 0.4) is 0 Å². The van der Waals surface area contributed by atoms with Crippen LogP contribution in [0, 0.1) is 25.5 Å². The standard InChI is InChI=1S/C21H19F2N3O2/c1-12(2)18-8-20(13(3)9-24-18)26-14(4)5-16(7-21(26)27)28-11-19-17(23)6-15(22)10-25-19/h5-10H,1,11H2,2-4H3. The molecule has 28 heavy (non-hydrogen) atoms. The van der Waals surface area contributed by atoms with Gasteiger partial charge in [-0.3, -0.25) is 19.3 Å². The number of pyridine rings is 3. The number of ether oxygens (including phenoxy) is 1. The first-order valence-corrected chi connectivity index (χ1v) is 8.55. The maximum Gasteiger partial charge on any atom is 0.259 e. The van der Waals surface area contributed by atoms with E-state index in [4.69, 9.17) is 4.74 Å². The summed E-state index contributed by atoms with van der Waals surface area (Å²) >= 11 is 0. The van der Waals surface area contributed by atoms with Gasteiger partial charge in [-0.15, -0.1) is 0 Å². The molecule has 0 spiro atoms. The van der Waals surface area contributed by atoms with Crippen molar-refractivity contribution in [3.8, 4) is 11.4 Å². The molecule has 0 unspecified atom stereocenters. The average Bonchev–Trinajstić information content (AvgIpc) is 2.61. The highest BCUT2D eigenvalue weighted by atomic mass is 19.1. The first kappa shape index (κ1) is 19.4. The largest absolute Gasteiger partial charge is 0.487 e. The van der Waals surface area contributed by atoms with E-state index in [0.29, 0.717) is 17.1 Å². The summed E-state index contributed by atoms with van der Waals surface area (Å²) in [5.74, 6) is -1.29. The number of rotatable bonds is 5. The van der Waals surface area contributed by atoms with Gasteiger partial charge in [0, 0.05) is 30.1 Å². The number of halogens is 2. The van der Waals surface area contributed by atoms with Crippen LogP contribution in [0.1, 0.15) is 29.6 Å². The monoisotopic (exact) mass is 383 g/mol. The first-order chi connectivity index (χ1) is 13.3. The van der Waals surface area contributed by atoms with E-state index in [1.54, 1.807) is 23.8 Å². The van der Waals surface area contributed by atoms with Crippen molar-refractivity contribution < 1.29 is 13.5 Å². The fourth-order valence-corrected chi connectivity index (χ4v) is 2.75. The van der Waals surface area contributed by atoms with Crippen molar-refractivity contribution in [1.29, 1.82) is 0 Å². The third-order valence-electron chi connectivity index (χ3n) is 4.20. The van der Waals surface area contributed by atoms with Crippen molar-refractivity contribution >= 4 is 5.57 Å². The number of aromatic nitrogens is 3. The molecule has 0 aliphatic rings. The third kappa shape index (κ3) is 3.98. The quantitative estimate of drug-likeness (QED) is 0.665. The lowest BCUT2D eigenvalue weighted by atomic mass is 10.1. The molecule has 144 valence electrons. The average molecular weight is 383 g/mol. The molecule has 0 aromatic carbocycles. The first-order valence-electron chi connectivity index (χ1n) is 8.55. The summed E-state index contributed by atoms with van der Waals surface area (Å²) < 4.78 is 33.7. The molecule has 0 aliphatic carbocycles. The summed E-state index contributed by atoms with van der Waals surface area (Å²) in [7, 11) is 0.